The van der Waals surface area contributed by atoms with Crippen molar-refractivity contribution in [1.29, 1.82) is 0 Å². The normalized spacial score (nSPS) is 10.4. The first-order valence-electron chi connectivity index (χ1n) is 8.28. The zero-order valence-corrected chi connectivity index (χ0v) is 15.5. The first-order valence-corrected chi connectivity index (χ1v) is 8.28. The minimum Gasteiger partial charge on any atom is -0.495 e. The number of carbonyl (C=O) groups is 2. The molecule has 8 heteroatoms. The van der Waals surface area contributed by atoms with E-state index in [1.165, 1.54) is 13.2 Å². The van der Waals surface area contributed by atoms with E-state index in [0.717, 1.165) is 12.5 Å². The maximum Gasteiger partial charge on any atom is 0.396 e. The van der Waals surface area contributed by atoms with E-state index in [1.54, 1.807) is 42.3 Å². The molecule has 1 aromatic heterocycles. The van der Waals surface area contributed by atoms with Gasteiger partial charge in [-0.2, -0.15) is 0 Å². The molecule has 0 aliphatic heterocycles. The molecule has 1 N–H and O–H groups in total. The predicted octanol–water partition coefficient (Wildman–Crippen LogP) is 2.68. The highest BCUT2D eigenvalue weighted by Gasteiger charge is 2.18. The number of carbonyl (C=O) groups excluding carboxylic acids is 2. The highest BCUT2D eigenvalue weighted by molar-refractivity contribution is 6.37. The lowest BCUT2D eigenvalue weighted by atomic mass is 10.1. The molecule has 3 aromatic rings. The average Bonchev–Trinajstić information content (AvgIpc) is 2.71. The molecule has 0 radical (unpaired) electrons. The van der Waals surface area contributed by atoms with Crippen LogP contribution in [0.5, 0.6) is 5.75 Å². The van der Waals surface area contributed by atoms with E-state index < -0.39 is 17.5 Å². The maximum atomic E-state index is 11.9. The number of amides is 1. The molecule has 0 saturated carbocycles. The lowest BCUT2D eigenvalue weighted by Gasteiger charge is -2.22. The SMILES string of the molecule is COC(=O)C(=O)Nc1cc(N(C)c2cc(=O)oc3ccccc23)ccc1OC. The number of nitrogens with zero attached hydrogens (tertiary/aromatic N) is 1. The Morgan fingerprint density at radius 1 is 1.07 bits per heavy atom. The van der Waals surface area contributed by atoms with Crippen LogP contribution in [0, 0.1) is 0 Å². The molecule has 0 saturated heterocycles. The van der Waals surface area contributed by atoms with Crippen molar-refractivity contribution in [1.82, 2.24) is 0 Å². The van der Waals surface area contributed by atoms with E-state index in [-0.39, 0.29) is 5.69 Å². The van der Waals surface area contributed by atoms with Crippen molar-refractivity contribution in [2.24, 2.45) is 0 Å². The lowest BCUT2D eigenvalue weighted by Crippen LogP contribution is -2.24. The number of hydrogen-bond donors (Lipinski definition) is 1. The molecule has 0 fully saturated rings. The van der Waals surface area contributed by atoms with E-state index in [1.807, 2.05) is 12.1 Å². The molecule has 8 nitrogen and oxygen atoms in total. The second kappa shape index (κ2) is 7.83. The number of para-hydroxylation sites is 1. The third kappa shape index (κ3) is 3.66. The molecule has 0 atom stereocenters. The molecule has 0 unspecified atom stereocenters. The van der Waals surface area contributed by atoms with Crippen molar-refractivity contribution in [3.05, 3.63) is 59.0 Å². The minimum atomic E-state index is -1.02. The van der Waals surface area contributed by atoms with Gasteiger partial charge in [0, 0.05) is 24.2 Å². The van der Waals surface area contributed by atoms with E-state index in [0.29, 0.717) is 22.7 Å². The Bertz CT molecular complexity index is 1110. The molecular formula is C20H18N2O6. The van der Waals surface area contributed by atoms with Crippen LogP contribution in [0.3, 0.4) is 0 Å². The smallest absolute Gasteiger partial charge is 0.396 e. The molecule has 0 bridgehead atoms. The summed E-state index contributed by atoms with van der Waals surface area (Å²) in [5, 5.41) is 3.21. The fourth-order valence-corrected chi connectivity index (χ4v) is 2.78. The summed E-state index contributed by atoms with van der Waals surface area (Å²) in [6, 6.07) is 13.6. The Labute approximate surface area is 160 Å². The van der Waals surface area contributed by atoms with Gasteiger partial charge in [0.05, 0.1) is 25.6 Å². The summed E-state index contributed by atoms with van der Waals surface area (Å²) in [7, 11) is 4.34. The number of esters is 1. The Morgan fingerprint density at radius 2 is 1.82 bits per heavy atom. The molecule has 28 heavy (non-hydrogen) atoms. The fraction of sp³-hybridized carbons (Fsp3) is 0.150. The van der Waals surface area contributed by atoms with Gasteiger partial charge in [-0.05, 0) is 30.3 Å². The Balaban J connectivity index is 2.04. The van der Waals surface area contributed by atoms with Crippen LogP contribution in [0.1, 0.15) is 0 Å². The standard InChI is InChI=1S/C20H18N2O6/c1-22(15-11-18(23)28-16-7-5-4-6-13(15)16)12-8-9-17(26-2)14(10-12)21-19(24)20(25)27-3/h4-11H,1-3H3,(H,21,24). The number of fused-ring (bicyclic) bond motifs is 1. The summed E-state index contributed by atoms with van der Waals surface area (Å²) >= 11 is 0. The van der Waals surface area contributed by atoms with Crippen LogP contribution in [-0.2, 0) is 14.3 Å². The molecule has 3 rings (SSSR count). The van der Waals surface area contributed by atoms with Crippen molar-refractivity contribution < 1.29 is 23.5 Å². The van der Waals surface area contributed by atoms with Gasteiger partial charge >= 0.3 is 17.5 Å². The molecule has 2 aromatic carbocycles. The summed E-state index contributed by atoms with van der Waals surface area (Å²) in [5.41, 5.74) is 1.55. The summed E-state index contributed by atoms with van der Waals surface area (Å²) in [6.45, 7) is 0. The number of methoxy groups -OCH3 is 2. The van der Waals surface area contributed by atoms with Crippen LogP contribution in [0.25, 0.3) is 11.0 Å². The van der Waals surface area contributed by atoms with Crippen LogP contribution in [0.4, 0.5) is 17.1 Å². The Morgan fingerprint density at radius 3 is 2.54 bits per heavy atom. The highest BCUT2D eigenvalue weighted by Crippen LogP contribution is 2.34. The van der Waals surface area contributed by atoms with Gasteiger partial charge in [0.25, 0.3) is 0 Å². The molecule has 0 spiro atoms. The fourth-order valence-electron chi connectivity index (χ4n) is 2.78. The van der Waals surface area contributed by atoms with Gasteiger partial charge < -0.3 is 24.1 Å². The van der Waals surface area contributed by atoms with Crippen molar-refractivity contribution in [2.75, 3.05) is 31.5 Å². The van der Waals surface area contributed by atoms with E-state index in [4.69, 9.17) is 9.15 Å². The van der Waals surface area contributed by atoms with Gasteiger partial charge in [-0.25, -0.2) is 9.59 Å². The van der Waals surface area contributed by atoms with E-state index >= 15 is 0 Å². The Hall–Kier alpha value is -3.81. The van der Waals surface area contributed by atoms with Crippen LogP contribution in [0.2, 0.25) is 0 Å². The first kappa shape index (κ1) is 19.0. The second-order valence-corrected chi connectivity index (χ2v) is 5.84. The monoisotopic (exact) mass is 382 g/mol. The van der Waals surface area contributed by atoms with Crippen molar-refractivity contribution in [2.45, 2.75) is 0 Å². The summed E-state index contributed by atoms with van der Waals surface area (Å²) < 4.78 is 14.9. The number of rotatable bonds is 4. The van der Waals surface area contributed by atoms with Gasteiger partial charge in [0.1, 0.15) is 11.3 Å². The Kier molecular flexibility index (Phi) is 5.30. The molecule has 0 aliphatic carbocycles. The molecule has 144 valence electrons. The van der Waals surface area contributed by atoms with Crippen molar-refractivity contribution in [3.8, 4) is 5.75 Å². The van der Waals surface area contributed by atoms with Crippen LogP contribution < -0.4 is 20.6 Å². The summed E-state index contributed by atoms with van der Waals surface area (Å²) in [4.78, 5) is 37.0. The summed E-state index contributed by atoms with van der Waals surface area (Å²) in [6.07, 6.45) is 0. The average molecular weight is 382 g/mol. The quantitative estimate of drug-likeness (QED) is 0.421. The molecule has 1 heterocycles. The number of nitrogens with one attached hydrogen (secondary N) is 1. The van der Waals surface area contributed by atoms with Crippen LogP contribution in [0.15, 0.2) is 57.7 Å². The third-order valence-electron chi connectivity index (χ3n) is 4.18. The molecule has 0 aliphatic rings. The first-order chi connectivity index (χ1) is 13.4. The van der Waals surface area contributed by atoms with Crippen LogP contribution >= 0.6 is 0 Å². The third-order valence-corrected chi connectivity index (χ3v) is 4.18. The molecule has 1 amide bonds. The van der Waals surface area contributed by atoms with E-state index in [2.05, 4.69) is 10.1 Å². The van der Waals surface area contributed by atoms with Gasteiger partial charge in [-0.15, -0.1) is 0 Å². The lowest BCUT2D eigenvalue weighted by molar-refractivity contribution is -0.150. The second-order valence-electron chi connectivity index (χ2n) is 5.84. The number of anilines is 3. The van der Waals surface area contributed by atoms with Gasteiger partial charge in [0.15, 0.2) is 0 Å². The largest absolute Gasteiger partial charge is 0.495 e. The van der Waals surface area contributed by atoms with Crippen molar-refractivity contribution >= 4 is 39.9 Å². The zero-order valence-electron chi connectivity index (χ0n) is 15.5. The van der Waals surface area contributed by atoms with Crippen LogP contribution in [-0.4, -0.2) is 33.1 Å². The predicted molar refractivity (Wildman–Crippen MR) is 104 cm³/mol. The number of hydrogen-bond acceptors (Lipinski definition) is 7. The molecular weight excluding hydrogens is 364 g/mol. The van der Waals surface area contributed by atoms with E-state index in [9.17, 15) is 14.4 Å². The zero-order chi connectivity index (χ0) is 20.3. The van der Waals surface area contributed by atoms with Gasteiger partial charge in [-0.1, -0.05) is 12.1 Å². The minimum absolute atomic E-state index is 0.287. The van der Waals surface area contributed by atoms with Gasteiger partial charge in [-0.3, -0.25) is 4.79 Å². The van der Waals surface area contributed by atoms with Gasteiger partial charge in [0.2, 0.25) is 0 Å². The number of benzene rings is 2. The highest BCUT2D eigenvalue weighted by atomic mass is 16.5. The van der Waals surface area contributed by atoms with Crippen molar-refractivity contribution in [3.63, 3.8) is 0 Å². The number of ether oxygens (including phenoxy) is 2. The topological polar surface area (TPSA) is 98.1 Å². The summed E-state index contributed by atoms with van der Waals surface area (Å²) in [5.74, 6) is -1.58. The maximum absolute atomic E-state index is 11.9.